The first-order chi connectivity index (χ1) is 13.6. The van der Waals surface area contributed by atoms with Crippen LogP contribution >= 0.6 is 0 Å². The zero-order valence-electron chi connectivity index (χ0n) is 15.1. The van der Waals surface area contributed by atoms with Crippen molar-refractivity contribution in [3.63, 3.8) is 0 Å². The van der Waals surface area contributed by atoms with Gasteiger partial charge >= 0.3 is 12.1 Å². The van der Waals surface area contributed by atoms with Crippen molar-refractivity contribution < 1.29 is 36.7 Å². The number of halogens is 4. The second kappa shape index (κ2) is 9.18. The molecule has 0 bridgehead atoms. The zero-order chi connectivity index (χ0) is 21.6. The highest BCUT2D eigenvalue weighted by atomic mass is 19.4. The van der Waals surface area contributed by atoms with Gasteiger partial charge in [-0.1, -0.05) is 6.07 Å². The number of rotatable bonds is 6. The zero-order valence-corrected chi connectivity index (χ0v) is 15.1. The molecule has 2 amide bonds. The Labute approximate surface area is 163 Å². The van der Waals surface area contributed by atoms with Crippen molar-refractivity contribution in [3.05, 3.63) is 65.5 Å². The van der Waals surface area contributed by atoms with Crippen LogP contribution in [-0.2, 0) is 20.5 Å². The minimum absolute atomic E-state index is 0.327. The van der Waals surface area contributed by atoms with E-state index < -0.39 is 41.9 Å². The smallest absolute Gasteiger partial charge is 0.416 e. The SMILES string of the molecule is CN(CC(=O)Nc1ccc(F)cc1)C(=O)COC(=O)c1cccc(C(F)(F)F)c1. The van der Waals surface area contributed by atoms with Gasteiger partial charge in [-0.15, -0.1) is 0 Å². The van der Waals surface area contributed by atoms with E-state index in [9.17, 15) is 31.9 Å². The Kier molecular flexibility index (Phi) is 6.92. The molecule has 0 heterocycles. The van der Waals surface area contributed by atoms with Gasteiger partial charge in [0.15, 0.2) is 6.61 Å². The third-order valence-corrected chi connectivity index (χ3v) is 3.69. The maximum atomic E-state index is 12.8. The molecule has 0 radical (unpaired) electrons. The van der Waals surface area contributed by atoms with Crippen molar-refractivity contribution >= 4 is 23.5 Å². The average Bonchev–Trinajstić information content (AvgIpc) is 2.67. The van der Waals surface area contributed by atoms with Crippen LogP contribution in [0.15, 0.2) is 48.5 Å². The number of esters is 1. The summed E-state index contributed by atoms with van der Waals surface area (Å²) in [6.45, 7) is -1.13. The monoisotopic (exact) mass is 412 g/mol. The number of amides is 2. The second-order valence-electron chi connectivity index (χ2n) is 5.96. The Morgan fingerprint density at radius 1 is 1.07 bits per heavy atom. The number of likely N-dealkylation sites (N-methyl/N-ethyl adjacent to an activating group) is 1. The van der Waals surface area contributed by atoms with E-state index in [1.807, 2.05) is 0 Å². The van der Waals surface area contributed by atoms with Gasteiger partial charge in [0, 0.05) is 12.7 Å². The van der Waals surface area contributed by atoms with Gasteiger partial charge in [-0.3, -0.25) is 9.59 Å². The minimum Gasteiger partial charge on any atom is -0.452 e. The van der Waals surface area contributed by atoms with E-state index >= 15 is 0 Å². The van der Waals surface area contributed by atoms with Gasteiger partial charge in [0.1, 0.15) is 5.82 Å². The number of ether oxygens (including phenoxy) is 1. The lowest BCUT2D eigenvalue weighted by Gasteiger charge is -2.17. The molecule has 0 unspecified atom stereocenters. The normalized spacial score (nSPS) is 10.9. The average molecular weight is 412 g/mol. The van der Waals surface area contributed by atoms with E-state index in [0.29, 0.717) is 11.8 Å². The summed E-state index contributed by atoms with van der Waals surface area (Å²) >= 11 is 0. The number of alkyl halides is 3. The highest BCUT2D eigenvalue weighted by Crippen LogP contribution is 2.29. The molecular weight excluding hydrogens is 396 g/mol. The first-order valence-corrected chi connectivity index (χ1v) is 8.20. The molecule has 0 fully saturated rings. The quantitative estimate of drug-likeness (QED) is 0.585. The number of benzene rings is 2. The first-order valence-electron chi connectivity index (χ1n) is 8.20. The van der Waals surface area contributed by atoms with E-state index in [1.54, 1.807) is 0 Å². The lowest BCUT2D eigenvalue weighted by atomic mass is 10.1. The molecule has 2 aromatic rings. The van der Waals surface area contributed by atoms with Crippen molar-refractivity contribution in [2.75, 3.05) is 25.5 Å². The Bertz CT molecular complexity index is 898. The van der Waals surface area contributed by atoms with E-state index in [-0.39, 0.29) is 12.1 Å². The van der Waals surface area contributed by atoms with Crippen LogP contribution in [0.1, 0.15) is 15.9 Å². The van der Waals surface area contributed by atoms with Crippen LogP contribution in [0.5, 0.6) is 0 Å². The molecule has 0 spiro atoms. The number of carbonyl (C=O) groups is 3. The summed E-state index contributed by atoms with van der Waals surface area (Å²) in [5.74, 6) is -2.89. The van der Waals surface area contributed by atoms with Gasteiger partial charge in [0.2, 0.25) is 5.91 Å². The fourth-order valence-electron chi connectivity index (χ4n) is 2.18. The minimum atomic E-state index is -4.62. The van der Waals surface area contributed by atoms with Crippen molar-refractivity contribution in [2.24, 2.45) is 0 Å². The summed E-state index contributed by atoms with van der Waals surface area (Å²) in [6.07, 6.45) is -4.62. The van der Waals surface area contributed by atoms with Gasteiger partial charge in [-0.25, -0.2) is 9.18 Å². The molecule has 29 heavy (non-hydrogen) atoms. The van der Waals surface area contributed by atoms with E-state index in [4.69, 9.17) is 4.74 Å². The molecule has 0 saturated carbocycles. The summed E-state index contributed by atoms with van der Waals surface area (Å²) in [4.78, 5) is 36.7. The number of nitrogens with one attached hydrogen (secondary N) is 1. The highest BCUT2D eigenvalue weighted by Gasteiger charge is 2.31. The molecule has 0 aliphatic rings. The van der Waals surface area contributed by atoms with Crippen LogP contribution in [0.2, 0.25) is 0 Å². The lowest BCUT2D eigenvalue weighted by Crippen LogP contribution is -2.37. The van der Waals surface area contributed by atoms with Gasteiger partial charge in [0.25, 0.3) is 5.91 Å². The molecule has 0 saturated heterocycles. The first kappa shape index (κ1) is 21.9. The molecule has 0 aliphatic carbocycles. The topological polar surface area (TPSA) is 75.7 Å². The maximum Gasteiger partial charge on any atom is 0.416 e. The largest absolute Gasteiger partial charge is 0.452 e. The number of nitrogens with zero attached hydrogens (tertiary/aromatic N) is 1. The number of hydrogen-bond acceptors (Lipinski definition) is 4. The van der Waals surface area contributed by atoms with Gasteiger partial charge in [-0.05, 0) is 42.5 Å². The molecule has 0 aliphatic heterocycles. The lowest BCUT2D eigenvalue weighted by molar-refractivity contribution is -0.137. The van der Waals surface area contributed by atoms with E-state index in [1.165, 1.54) is 19.2 Å². The molecule has 0 atom stereocenters. The van der Waals surface area contributed by atoms with E-state index in [0.717, 1.165) is 35.2 Å². The summed E-state index contributed by atoms with van der Waals surface area (Å²) in [5, 5.41) is 2.45. The van der Waals surface area contributed by atoms with Crippen LogP contribution in [0.25, 0.3) is 0 Å². The van der Waals surface area contributed by atoms with Crippen LogP contribution < -0.4 is 5.32 Å². The summed E-state index contributed by atoms with van der Waals surface area (Å²) in [7, 11) is 1.28. The summed E-state index contributed by atoms with van der Waals surface area (Å²) < 4.78 is 55.6. The summed E-state index contributed by atoms with van der Waals surface area (Å²) in [5.41, 5.74) is -1.05. The number of carbonyl (C=O) groups excluding carboxylic acids is 3. The third kappa shape index (κ3) is 6.59. The Morgan fingerprint density at radius 3 is 2.34 bits per heavy atom. The molecule has 2 rings (SSSR count). The molecule has 10 heteroatoms. The Hall–Kier alpha value is -3.43. The molecular formula is C19H16F4N2O4. The van der Waals surface area contributed by atoms with Crippen molar-refractivity contribution in [1.82, 2.24) is 4.90 Å². The highest BCUT2D eigenvalue weighted by molar-refractivity contribution is 5.95. The van der Waals surface area contributed by atoms with Crippen LogP contribution in [0.3, 0.4) is 0 Å². The maximum absolute atomic E-state index is 12.8. The van der Waals surface area contributed by atoms with E-state index in [2.05, 4.69) is 5.32 Å². The fourth-order valence-corrected chi connectivity index (χ4v) is 2.18. The Balaban J connectivity index is 1.85. The summed E-state index contributed by atoms with van der Waals surface area (Å²) in [6, 6.07) is 8.57. The molecule has 6 nitrogen and oxygen atoms in total. The second-order valence-corrected chi connectivity index (χ2v) is 5.96. The van der Waals surface area contributed by atoms with Crippen LogP contribution in [0, 0.1) is 5.82 Å². The standard InChI is InChI=1S/C19H16F4N2O4/c1-25(10-16(26)24-15-7-5-14(20)6-8-15)17(27)11-29-18(28)12-3-2-4-13(9-12)19(21,22)23/h2-9H,10-11H2,1H3,(H,24,26). The molecule has 154 valence electrons. The fraction of sp³-hybridized carbons (Fsp3) is 0.211. The van der Waals surface area contributed by atoms with Gasteiger partial charge in [-0.2, -0.15) is 13.2 Å². The third-order valence-electron chi connectivity index (χ3n) is 3.69. The molecule has 0 aromatic heterocycles. The van der Waals surface area contributed by atoms with Gasteiger partial charge < -0.3 is 15.0 Å². The van der Waals surface area contributed by atoms with Gasteiger partial charge in [0.05, 0.1) is 17.7 Å². The van der Waals surface area contributed by atoms with Crippen LogP contribution in [-0.4, -0.2) is 42.9 Å². The Morgan fingerprint density at radius 2 is 1.72 bits per heavy atom. The van der Waals surface area contributed by atoms with Crippen molar-refractivity contribution in [1.29, 1.82) is 0 Å². The molecule has 1 N–H and O–H groups in total. The predicted molar refractivity (Wildman–Crippen MR) is 94.4 cm³/mol. The number of hydrogen-bond donors (Lipinski definition) is 1. The molecule has 2 aromatic carbocycles. The van der Waals surface area contributed by atoms with Crippen molar-refractivity contribution in [3.8, 4) is 0 Å². The predicted octanol–water partition coefficient (Wildman–Crippen LogP) is 3.10. The van der Waals surface area contributed by atoms with Crippen LogP contribution in [0.4, 0.5) is 23.2 Å². The number of anilines is 1. The van der Waals surface area contributed by atoms with Crippen molar-refractivity contribution in [2.45, 2.75) is 6.18 Å².